The molecule has 6 nitrogen and oxygen atoms in total. The van der Waals surface area contributed by atoms with Gasteiger partial charge in [0.1, 0.15) is 12.0 Å². The van der Waals surface area contributed by atoms with Gasteiger partial charge in [0.25, 0.3) is 0 Å². The van der Waals surface area contributed by atoms with Crippen LogP contribution in [-0.2, 0) is 14.3 Å². The van der Waals surface area contributed by atoms with Crippen molar-refractivity contribution in [2.24, 2.45) is 0 Å². The standard InChI is InChI=1S/C21H20N2O4/c1-4-26-21(25)19(24)22-16-8-6-15(7-9-16)20-23-18(12-27-20)17-10-5-13(2)11-14(17)3/h5-12H,4H2,1-3H3,(H,22,24). The van der Waals surface area contributed by atoms with Gasteiger partial charge in [0, 0.05) is 16.8 Å². The second-order valence-electron chi connectivity index (χ2n) is 6.11. The topological polar surface area (TPSA) is 81.4 Å². The predicted octanol–water partition coefficient (Wildman–Crippen LogP) is 4.13. The van der Waals surface area contributed by atoms with E-state index in [0.717, 1.165) is 22.4 Å². The molecule has 138 valence electrons. The Balaban J connectivity index is 1.75. The van der Waals surface area contributed by atoms with Crippen molar-refractivity contribution in [3.63, 3.8) is 0 Å². The summed E-state index contributed by atoms with van der Waals surface area (Å²) in [5.74, 6) is -1.24. The third-order valence-electron chi connectivity index (χ3n) is 4.01. The molecule has 3 aromatic rings. The van der Waals surface area contributed by atoms with Gasteiger partial charge in [0.05, 0.1) is 6.61 Å². The van der Waals surface area contributed by atoms with Gasteiger partial charge >= 0.3 is 11.9 Å². The molecule has 1 aromatic heterocycles. The zero-order chi connectivity index (χ0) is 19.4. The largest absolute Gasteiger partial charge is 0.459 e. The fraction of sp³-hybridized carbons (Fsp3) is 0.190. The Morgan fingerprint density at radius 3 is 2.52 bits per heavy atom. The molecule has 0 unspecified atom stereocenters. The molecule has 6 heteroatoms. The highest BCUT2D eigenvalue weighted by Crippen LogP contribution is 2.28. The first-order valence-corrected chi connectivity index (χ1v) is 8.59. The fourth-order valence-corrected chi connectivity index (χ4v) is 2.71. The molecule has 0 saturated heterocycles. The van der Waals surface area contributed by atoms with E-state index in [0.29, 0.717) is 11.6 Å². The molecular formula is C21H20N2O4. The van der Waals surface area contributed by atoms with E-state index < -0.39 is 11.9 Å². The Labute approximate surface area is 157 Å². The van der Waals surface area contributed by atoms with Crippen molar-refractivity contribution in [1.82, 2.24) is 4.98 Å². The third-order valence-corrected chi connectivity index (χ3v) is 4.01. The number of oxazole rings is 1. The second-order valence-corrected chi connectivity index (χ2v) is 6.11. The maximum absolute atomic E-state index is 11.7. The van der Waals surface area contributed by atoms with E-state index >= 15 is 0 Å². The van der Waals surface area contributed by atoms with Crippen LogP contribution in [0, 0.1) is 13.8 Å². The van der Waals surface area contributed by atoms with Crippen molar-refractivity contribution in [2.75, 3.05) is 11.9 Å². The minimum Gasteiger partial charge on any atom is -0.459 e. The molecule has 1 amide bonds. The van der Waals surface area contributed by atoms with Gasteiger partial charge in [0.2, 0.25) is 5.89 Å². The molecule has 3 rings (SSSR count). The molecular weight excluding hydrogens is 344 g/mol. The molecule has 27 heavy (non-hydrogen) atoms. The Morgan fingerprint density at radius 1 is 1.11 bits per heavy atom. The number of aromatic nitrogens is 1. The summed E-state index contributed by atoms with van der Waals surface area (Å²) < 4.78 is 10.3. The van der Waals surface area contributed by atoms with E-state index in [4.69, 9.17) is 4.42 Å². The van der Waals surface area contributed by atoms with E-state index in [9.17, 15) is 9.59 Å². The molecule has 0 radical (unpaired) electrons. The van der Waals surface area contributed by atoms with Gasteiger partial charge in [-0.05, 0) is 50.6 Å². The molecule has 1 heterocycles. The lowest BCUT2D eigenvalue weighted by molar-refractivity contribution is -0.152. The normalized spacial score (nSPS) is 10.5. The van der Waals surface area contributed by atoms with Crippen LogP contribution in [0.15, 0.2) is 53.1 Å². The van der Waals surface area contributed by atoms with Crippen LogP contribution >= 0.6 is 0 Å². The van der Waals surface area contributed by atoms with Gasteiger partial charge < -0.3 is 14.5 Å². The summed E-state index contributed by atoms with van der Waals surface area (Å²) >= 11 is 0. The smallest absolute Gasteiger partial charge is 0.397 e. The van der Waals surface area contributed by atoms with E-state index in [1.54, 1.807) is 37.5 Å². The van der Waals surface area contributed by atoms with Crippen LogP contribution in [0.4, 0.5) is 5.69 Å². The second kappa shape index (κ2) is 7.86. The number of carbonyl (C=O) groups is 2. The number of hydrogen-bond donors (Lipinski definition) is 1. The van der Waals surface area contributed by atoms with Crippen molar-refractivity contribution >= 4 is 17.6 Å². The number of aryl methyl sites for hydroxylation is 2. The number of amides is 1. The van der Waals surface area contributed by atoms with Crippen LogP contribution in [0.2, 0.25) is 0 Å². The van der Waals surface area contributed by atoms with Crippen molar-refractivity contribution in [3.8, 4) is 22.7 Å². The summed E-state index contributed by atoms with van der Waals surface area (Å²) in [6, 6.07) is 13.0. The van der Waals surface area contributed by atoms with Crippen molar-refractivity contribution in [3.05, 3.63) is 59.9 Å². The van der Waals surface area contributed by atoms with Crippen LogP contribution in [0.1, 0.15) is 18.1 Å². The number of carbonyl (C=O) groups excluding carboxylic acids is 2. The van der Waals surface area contributed by atoms with Crippen LogP contribution < -0.4 is 5.32 Å². The van der Waals surface area contributed by atoms with Gasteiger partial charge in [-0.15, -0.1) is 0 Å². The zero-order valence-electron chi connectivity index (χ0n) is 15.4. The summed E-state index contributed by atoms with van der Waals surface area (Å²) in [5.41, 5.74) is 5.36. The lowest BCUT2D eigenvalue weighted by Crippen LogP contribution is -2.24. The van der Waals surface area contributed by atoms with Gasteiger partial charge in [-0.1, -0.05) is 23.8 Å². The zero-order valence-corrected chi connectivity index (χ0v) is 15.4. The van der Waals surface area contributed by atoms with Crippen molar-refractivity contribution in [1.29, 1.82) is 0 Å². The highest BCUT2D eigenvalue weighted by Gasteiger charge is 2.15. The lowest BCUT2D eigenvalue weighted by Gasteiger charge is -2.05. The summed E-state index contributed by atoms with van der Waals surface area (Å²) in [7, 11) is 0. The van der Waals surface area contributed by atoms with Gasteiger partial charge in [-0.2, -0.15) is 0 Å². The Bertz CT molecular complexity index is 974. The first kappa shape index (κ1) is 18.4. The van der Waals surface area contributed by atoms with Crippen molar-refractivity contribution < 1.29 is 18.7 Å². The lowest BCUT2D eigenvalue weighted by atomic mass is 10.0. The minimum absolute atomic E-state index is 0.151. The molecule has 1 N–H and O–H groups in total. The van der Waals surface area contributed by atoms with E-state index in [1.807, 2.05) is 26.0 Å². The molecule has 0 aliphatic heterocycles. The number of esters is 1. The Kier molecular flexibility index (Phi) is 5.35. The number of benzene rings is 2. The molecule has 0 spiro atoms. The molecule has 0 fully saturated rings. The first-order valence-electron chi connectivity index (χ1n) is 8.59. The summed E-state index contributed by atoms with van der Waals surface area (Å²) in [4.78, 5) is 27.6. The van der Waals surface area contributed by atoms with Gasteiger partial charge in [-0.3, -0.25) is 4.79 Å². The average Bonchev–Trinajstić information content (AvgIpc) is 3.12. The van der Waals surface area contributed by atoms with E-state index in [1.165, 1.54) is 5.56 Å². The van der Waals surface area contributed by atoms with E-state index in [-0.39, 0.29) is 6.61 Å². The Morgan fingerprint density at radius 2 is 1.85 bits per heavy atom. The Hall–Kier alpha value is -3.41. The quantitative estimate of drug-likeness (QED) is 0.556. The molecule has 0 saturated carbocycles. The number of rotatable bonds is 4. The first-order chi connectivity index (χ1) is 13.0. The number of nitrogens with one attached hydrogen (secondary N) is 1. The number of nitrogens with zero attached hydrogens (tertiary/aromatic N) is 1. The monoisotopic (exact) mass is 364 g/mol. The summed E-state index contributed by atoms with van der Waals surface area (Å²) in [5, 5.41) is 2.48. The number of anilines is 1. The van der Waals surface area contributed by atoms with Gasteiger partial charge in [-0.25, -0.2) is 9.78 Å². The highest BCUT2D eigenvalue weighted by atomic mass is 16.5. The van der Waals surface area contributed by atoms with Crippen LogP contribution in [0.3, 0.4) is 0 Å². The number of ether oxygens (including phenoxy) is 1. The maximum atomic E-state index is 11.7. The van der Waals surface area contributed by atoms with Gasteiger partial charge in [0.15, 0.2) is 0 Å². The van der Waals surface area contributed by atoms with Crippen molar-refractivity contribution in [2.45, 2.75) is 20.8 Å². The molecule has 2 aromatic carbocycles. The summed E-state index contributed by atoms with van der Waals surface area (Å²) in [6.07, 6.45) is 1.63. The molecule has 0 aliphatic rings. The average molecular weight is 364 g/mol. The molecule has 0 atom stereocenters. The molecule has 0 aliphatic carbocycles. The fourth-order valence-electron chi connectivity index (χ4n) is 2.71. The highest BCUT2D eigenvalue weighted by molar-refractivity contribution is 6.37. The van der Waals surface area contributed by atoms with Crippen LogP contribution in [0.25, 0.3) is 22.7 Å². The summed E-state index contributed by atoms with van der Waals surface area (Å²) in [6.45, 7) is 5.88. The minimum atomic E-state index is -0.910. The number of hydrogen-bond acceptors (Lipinski definition) is 5. The van der Waals surface area contributed by atoms with Crippen LogP contribution in [-0.4, -0.2) is 23.5 Å². The maximum Gasteiger partial charge on any atom is 0.397 e. The van der Waals surface area contributed by atoms with E-state index in [2.05, 4.69) is 21.1 Å². The third kappa shape index (κ3) is 4.23. The predicted molar refractivity (Wildman–Crippen MR) is 102 cm³/mol. The van der Waals surface area contributed by atoms with Crippen LogP contribution in [0.5, 0.6) is 0 Å². The SMILES string of the molecule is CCOC(=O)C(=O)Nc1ccc(-c2nc(-c3ccc(C)cc3C)co2)cc1. The molecule has 0 bridgehead atoms.